The van der Waals surface area contributed by atoms with E-state index >= 15 is 0 Å². The third-order valence-electron chi connectivity index (χ3n) is 4.09. The lowest BCUT2D eigenvalue weighted by Gasteiger charge is -2.35. The molecule has 2 aliphatic heterocycles. The van der Waals surface area contributed by atoms with Gasteiger partial charge in [0.15, 0.2) is 0 Å². The standard InChI is InChI=1S/C13H25NO2/c1-11-5-3-2-4-7-14(11)9-12-10-16-8-6-13(12)15/h11-13,15H,2-10H2,1H3. The molecule has 0 aromatic carbocycles. The molecule has 0 aromatic rings. The number of likely N-dealkylation sites (tertiary alicyclic amines) is 1. The minimum absolute atomic E-state index is 0.149. The maximum absolute atomic E-state index is 9.95. The van der Waals surface area contributed by atoms with Crippen LogP contribution in [0, 0.1) is 5.92 Å². The van der Waals surface area contributed by atoms with Gasteiger partial charge in [0.1, 0.15) is 0 Å². The predicted molar refractivity (Wildman–Crippen MR) is 64.4 cm³/mol. The summed E-state index contributed by atoms with van der Waals surface area (Å²) < 4.78 is 5.47. The highest BCUT2D eigenvalue weighted by atomic mass is 16.5. The maximum atomic E-state index is 9.95. The number of hydrogen-bond donors (Lipinski definition) is 1. The second-order valence-electron chi connectivity index (χ2n) is 5.38. The van der Waals surface area contributed by atoms with Gasteiger partial charge in [0.05, 0.1) is 12.7 Å². The van der Waals surface area contributed by atoms with Crippen LogP contribution in [-0.4, -0.2) is 48.5 Å². The van der Waals surface area contributed by atoms with E-state index < -0.39 is 0 Å². The zero-order valence-corrected chi connectivity index (χ0v) is 10.4. The molecule has 2 rings (SSSR count). The molecule has 0 spiro atoms. The van der Waals surface area contributed by atoms with E-state index in [2.05, 4.69) is 11.8 Å². The lowest BCUT2D eigenvalue weighted by molar-refractivity contribution is -0.0496. The first-order chi connectivity index (χ1) is 7.77. The van der Waals surface area contributed by atoms with Gasteiger partial charge in [-0.05, 0) is 32.7 Å². The molecule has 2 heterocycles. The molecule has 2 aliphatic rings. The zero-order valence-electron chi connectivity index (χ0n) is 10.4. The van der Waals surface area contributed by atoms with Crippen LogP contribution in [0.4, 0.5) is 0 Å². The van der Waals surface area contributed by atoms with Gasteiger partial charge in [-0.2, -0.15) is 0 Å². The van der Waals surface area contributed by atoms with E-state index in [4.69, 9.17) is 4.74 Å². The molecule has 0 aliphatic carbocycles. The Morgan fingerprint density at radius 1 is 1.25 bits per heavy atom. The molecule has 3 heteroatoms. The smallest absolute Gasteiger partial charge is 0.0624 e. The van der Waals surface area contributed by atoms with Crippen molar-refractivity contribution >= 4 is 0 Å². The zero-order chi connectivity index (χ0) is 11.4. The van der Waals surface area contributed by atoms with E-state index in [1.165, 1.54) is 32.2 Å². The van der Waals surface area contributed by atoms with Gasteiger partial charge in [0, 0.05) is 25.1 Å². The quantitative estimate of drug-likeness (QED) is 0.778. The highest BCUT2D eigenvalue weighted by Crippen LogP contribution is 2.21. The summed E-state index contributed by atoms with van der Waals surface area (Å²) in [5, 5.41) is 9.95. The third kappa shape index (κ3) is 3.19. The minimum Gasteiger partial charge on any atom is -0.393 e. The van der Waals surface area contributed by atoms with E-state index in [0.717, 1.165) is 26.2 Å². The first-order valence-corrected chi connectivity index (χ1v) is 6.77. The molecule has 94 valence electrons. The summed E-state index contributed by atoms with van der Waals surface area (Å²) in [7, 11) is 0. The average Bonchev–Trinajstić information content (AvgIpc) is 2.48. The number of aliphatic hydroxyl groups is 1. The molecule has 3 nitrogen and oxygen atoms in total. The fraction of sp³-hybridized carbons (Fsp3) is 1.00. The number of rotatable bonds is 2. The highest BCUT2D eigenvalue weighted by molar-refractivity contribution is 4.79. The summed E-state index contributed by atoms with van der Waals surface area (Å²) in [6.07, 6.45) is 6.01. The molecule has 1 N–H and O–H groups in total. The fourth-order valence-corrected chi connectivity index (χ4v) is 2.87. The molecule has 2 saturated heterocycles. The Balaban J connectivity index is 1.86. The van der Waals surface area contributed by atoms with Crippen molar-refractivity contribution in [2.45, 2.75) is 51.2 Å². The molecule has 0 amide bonds. The number of ether oxygens (including phenoxy) is 1. The Morgan fingerprint density at radius 3 is 2.94 bits per heavy atom. The summed E-state index contributed by atoms with van der Waals surface area (Å²) in [5.41, 5.74) is 0. The van der Waals surface area contributed by atoms with Gasteiger partial charge < -0.3 is 14.7 Å². The third-order valence-corrected chi connectivity index (χ3v) is 4.09. The lowest BCUT2D eigenvalue weighted by Crippen LogP contribution is -2.44. The van der Waals surface area contributed by atoms with Crippen molar-refractivity contribution < 1.29 is 9.84 Å². The molecular formula is C13H25NO2. The van der Waals surface area contributed by atoms with Crippen LogP contribution >= 0.6 is 0 Å². The van der Waals surface area contributed by atoms with Gasteiger partial charge in [-0.3, -0.25) is 0 Å². The monoisotopic (exact) mass is 227 g/mol. The van der Waals surface area contributed by atoms with Crippen LogP contribution in [0.25, 0.3) is 0 Å². The van der Waals surface area contributed by atoms with Crippen LogP contribution in [0.15, 0.2) is 0 Å². The van der Waals surface area contributed by atoms with Gasteiger partial charge in [-0.1, -0.05) is 12.8 Å². The topological polar surface area (TPSA) is 32.7 Å². The molecule has 0 saturated carbocycles. The summed E-state index contributed by atoms with van der Waals surface area (Å²) in [6.45, 7) is 6.01. The molecule has 0 bridgehead atoms. The van der Waals surface area contributed by atoms with Crippen LogP contribution in [0.1, 0.15) is 39.0 Å². The second-order valence-corrected chi connectivity index (χ2v) is 5.38. The van der Waals surface area contributed by atoms with Crippen molar-refractivity contribution in [2.75, 3.05) is 26.3 Å². The van der Waals surface area contributed by atoms with E-state index in [1.54, 1.807) is 0 Å². The van der Waals surface area contributed by atoms with E-state index in [9.17, 15) is 5.11 Å². The average molecular weight is 227 g/mol. The van der Waals surface area contributed by atoms with Gasteiger partial charge in [0.2, 0.25) is 0 Å². The second kappa shape index (κ2) is 5.99. The predicted octanol–water partition coefficient (Wildman–Crippen LogP) is 1.65. The largest absolute Gasteiger partial charge is 0.393 e. The van der Waals surface area contributed by atoms with Crippen molar-refractivity contribution in [3.05, 3.63) is 0 Å². The highest BCUT2D eigenvalue weighted by Gasteiger charge is 2.27. The molecule has 0 aromatic heterocycles. The Hall–Kier alpha value is -0.120. The van der Waals surface area contributed by atoms with Crippen molar-refractivity contribution in [2.24, 2.45) is 5.92 Å². The Labute approximate surface area is 98.8 Å². The summed E-state index contributed by atoms with van der Waals surface area (Å²) in [5.74, 6) is 0.328. The molecule has 3 atom stereocenters. The first-order valence-electron chi connectivity index (χ1n) is 6.77. The van der Waals surface area contributed by atoms with Crippen molar-refractivity contribution in [3.8, 4) is 0 Å². The van der Waals surface area contributed by atoms with E-state index in [-0.39, 0.29) is 6.10 Å². The van der Waals surface area contributed by atoms with Gasteiger partial charge in [-0.15, -0.1) is 0 Å². The Bertz CT molecular complexity index is 210. The summed E-state index contributed by atoms with van der Waals surface area (Å²) in [6, 6.07) is 0.677. The SMILES string of the molecule is CC1CCCCCN1CC1COCCC1O. The van der Waals surface area contributed by atoms with Gasteiger partial charge >= 0.3 is 0 Å². The number of aliphatic hydroxyl groups excluding tert-OH is 1. The molecule has 16 heavy (non-hydrogen) atoms. The maximum Gasteiger partial charge on any atom is 0.0624 e. The van der Waals surface area contributed by atoms with Gasteiger partial charge in [-0.25, -0.2) is 0 Å². The molecule has 2 fully saturated rings. The minimum atomic E-state index is -0.149. The molecule has 0 radical (unpaired) electrons. The Kier molecular flexibility index (Phi) is 4.62. The molecule has 3 unspecified atom stereocenters. The number of nitrogens with zero attached hydrogens (tertiary/aromatic N) is 1. The first kappa shape index (κ1) is 12.3. The molecular weight excluding hydrogens is 202 g/mol. The summed E-state index contributed by atoms with van der Waals surface area (Å²) >= 11 is 0. The van der Waals surface area contributed by atoms with Crippen LogP contribution in [-0.2, 0) is 4.74 Å². The van der Waals surface area contributed by atoms with Crippen LogP contribution in [0.2, 0.25) is 0 Å². The summed E-state index contributed by atoms with van der Waals surface area (Å²) in [4.78, 5) is 2.55. The Morgan fingerprint density at radius 2 is 2.12 bits per heavy atom. The number of hydrogen-bond acceptors (Lipinski definition) is 3. The van der Waals surface area contributed by atoms with E-state index in [0.29, 0.717) is 12.0 Å². The van der Waals surface area contributed by atoms with E-state index in [1.807, 2.05) is 0 Å². The van der Waals surface area contributed by atoms with Crippen molar-refractivity contribution in [1.82, 2.24) is 4.90 Å². The van der Waals surface area contributed by atoms with Crippen LogP contribution in [0.3, 0.4) is 0 Å². The van der Waals surface area contributed by atoms with Crippen LogP contribution in [0.5, 0.6) is 0 Å². The van der Waals surface area contributed by atoms with Crippen molar-refractivity contribution in [3.63, 3.8) is 0 Å². The fourth-order valence-electron chi connectivity index (χ4n) is 2.87. The van der Waals surface area contributed by atoms with Crippen molar-refractivity contribution in [1.29, 1.82) is 0 Å². The van der Waals surface area contributed by atoms with Crippen LogP contribution < -0.4 is 0 Å². The van der Waals surface area contributed by atoms with Gasteiger partial charge in [0.25, 0.3) is 0 Å². The lowest BCUT2D eigenvalue weighted by atomic mass is 9.97. The normalized spacial score (nSPS) is 38.2.